The van der Waals surface area contributed by atoms with Crippen LogP contribution in [0.15, 0.2) is 47.4 Å². The number of aromatic nitrogens is 2. The maximum atomic E-state index is 13.0. The van der Waals surface area contributed by atoms with E-state index in [1.54, 1.807) is 17.0 Å². The molecule has 0 radical (unpaired) electrons. The standard InChI is InChI=1S/C22H22N4O4S/c1-14-8-9-16-17(13-14)24-21(23-16)18-6-4-11-25(18)20(27)10-12-26-22(28)15-5-2-3-7-19(15)31(26,29)30/h2-3,5,7-9,13,18H,4,6,10-12H2,1H3,(H,23,24)/t18-/m1/s1. The van der Waals surface area contributed by atoms with Gasteiger partial charge in [-0.2, -0.15) is 0 Å². The first-order valence-electron chi connectivity index (χ1n) is 10.3. The Labute approximate surface area is 179 Å². The maximum Gasteiger partial charge on any atom is 0.269 e. The molecule has 1 saturated heterocycles. The number of amides is 2. The summed E-state index contributed by atoms with van der Waals surface area (Å²) >= 11 is 0. The molecule has 1 fully saturated rings. The van der Waals surface area contributed by atoms with E-state index in [0.717, 1.165) is 39.6 Å². The first-order chi connectivity index (χ1) is 14.9. The highest BCUT2D eigenvalue weighted by molar-refractivity contribution is 7.90. The summed E-state index contributed by atoms with van der Waals surface area (Å²) in [5.41, 5.74) is 3.07. The zero-order valence-electron chi connectivity index (χ0n) is 17.0. The number of benzene rings is 2. The number of sulfonamides is 1. The van der Waals surface area contributed by atoms with Gasteiger partial charge in [0.1, 0.15) is 10.7 Å². The van der Waals surface area contributed by atoms with Crippen molar-refractivity contribution in [1.82, 2.24) is 19.2 Å². The van der Waals surface area contributed by atoms with Crippen LogP contribution in [0.1, 0.15) is 47.1 Å². The van der Waals surface area contributed by atoms with E-state index >= 15 is 0 Å². The number of carbonyl (C=O) groups excluding carboxylic acids is 2. The zero-order chi connectivity index (χ0) is 21.8. The maximum absolute atomic E-state index is 13.0. The van der Waals surface area contributed by atoms with Gasteiger partial charge < -0.3 is 9.88 Å². The van der Waals surface area contributed by atoms with Gasteiger partial charge >= 0.3 is 0 Å². The first kappa shape index (κ1) is 19.7. The fourth-order valence-corrected chi connectivity index (χ4v) is 6.01. The molecule has 3 aromatic rings. The Kier molecular flexibility index (Phi) is 4.58. The van der Waals surface area contributed by atoms with Gasteiger partial charge in [0, 0.05) is 19.5 Å². The zero-order valence-corrected chi connectivity index (χ0v) is 17.9. The molecular formula is C22H22N4O4S. The Bertz CT molecular complexity index is 1310. The molecule has 0 aliphatic carbocycles. The molecule has 0 saturated carbocycles. The summed E-state index contributed by atoms with van der Waals surface area (Å²) in [6.45, 7) is 2.43. The average molecular weight is 439 g/mol. The van der Waals surface area contributed by atoms with Crippen molar-refractivity contribution in [3.63, 3.8) is 0 Å². The van der Waals surface area contributed by atoms with E-state index in [1.165, 1.54) is 12.1 Å². The van der Waals surface area contributed by atoms with E-state index in [9.17, 15) is 18.0 Å². The number of carbonyl (C=O) groups is 2. The van der Waals surface area contributed by atoms with Crippen LogP contribution in [-0.4, -0.2) is 52.5 Å². The minimum Gasteiger partial charge on any atom is -0.340 e. The van der Waals surface area contributed by atoms with Gasteiger partial charge in [-0.1, -0.05) is 18.2 Å². The van der Waals surface area contributed by atoms with Crippen molar-refractivity contribution in [2.24, 2.45) is 0 Å². The van der Waals surface area contributed by atoms with Crippen molar-refractivity contribution in [3.05, 3.63) is 59.4 Å². The van der Waals surface area contributed by atoms with E-state index < -0.39 is 15.9 Å². The normalized spacial score (nSPS) is 19.9. The molecule has 0 spiro atoms. The van der Waals surface area contributed by atoms with Crippen LogP contribution in [-0.2, 0) is 14.8 Å². The lowest BCUT2D eigenvalue weighted by atomic mass is 10.2. The van der Waals surface area contributed by atoms with Crippen molar-refractivity contribution in [1.29, 1.82) is 0 Å². The van der Waals surface area contributed by atoms with E-state index in [4.69, 9.17) is 0 Å². The monoisotopic (exact) mass is 438 g/mol. The minimum atomic E-state index is -3.91. The predicted octanol–water partition coefficient (Wildman–Crippen LogP) is 2.77. The number of hydrogen-bond donors (Lipinski definition) is 1. The van der Waals surface area contributed by atoms with Gasteiger partial charge in [0.25, 0.3) is 15.9 Å². The van der Waals surface area contributed by atoms with Crippen molar-refractivity contribution >= 4 is 32.9 Å². The summed E-state index contributed by atoms with van der Waals surface area (Å²) in [6, 6.07) is 11.9. The lowest BCUT2D eigenvalue weighted by Gasteiger charge is -2.24. The molecule has 2 aliphatic rings. The Morgan fingerprint density at radius 3 is 2.84 bits per heavy atom. The van der Waals surface area contributed by atoms with Gasteiger partial charge in [-0.15, -0.1) is 0 Å². The topological polar surface area (TPSA) is 103 Å². The predicted molar refractivity (Wildman–Crippen MR) is 114 cm³/mol. The quantitative estimate of drug-likeness (QED) is 0.675. The van der Waals surface area contributed by atoms with Gasteiger partial charge in [-0.25, -0.2) is 17.7 Å². The molecule has 8 nitrogen and oxygen atoms in total. The Morgan fingerprint density at radius 2 is 2.03 bits per heavy atom. The van der Waals surface area contributed by atoms with Crippen LogP contribution in [0.2, 0.25) is 0 Å². The second-order valence-electron chi connectivity index (χ2n) is 8.02. The largest absolute Gasteiger partial charge is 0.340 e. The van der Waals surface area contributed by atoms with Crippen LogP contribution in [0.25, 0.3) is 11.0 Å². The van der Waals surface area contributed by atoms with Gasteiger partial charge in [0.2, 0.25) is 5.91 Å². The molecule has 0 bridgehead atoms. The van der Waals surface area contributed by atoms with E-state index in [1.807, 2.05) is 25.1 Å². The third kappa shape index (κ3) is 3.20. The van der Waals surface area contributed by atoms with E-state index in [2.05, 4.69) is 9.97 Å². The molecule has 1 aromatic heterocycles. The summed E-state index contributed by atoms with van der Waals surface area (Å²) in [5, 5.41) is 0. The Morgan fingerprint density at radius 1 is 1.23 bits per heavy atom. The molecule has 2 aromatic carbocycles. The summed E-state index contributed by atoms with van der Waals surface area (Å²) in [4.78, 5) is 35.3. The molecule has 31 heavy (non-hydrogen) atoms. The number of rotatable bonds is 4. The van der Waals surface area contributed by atoms with E-state index in [0.29, 0.717) is 6.54 Å². The minimum absolute atomic E-state index is 0.00377. The molecule has 5 rings (SSSR count). The number of likely N-dealkylation sites (tertiary alicyclic amines) is 1. The molecule has 160 valence electrons. The molecule has 9 heteroatoms. The van der Waals surface area contributed by atoms with Crippen LogP contribution < -0.4 is 0 Å². The van der Waals surface area contributed by atoms with Crippen LogP contribution in [0.4, 0.5) is 0 Å². The second kappa shape index (κ2) is 7.19. The second-order valence-corrected chi connectivity index (χ2v) is 9.85. The van der Waals surface area contributed by atoms with Crippen molar-refractivity contribution in [2.75, 3.05) is 13.1 Å². The molecule has 0 unspecified atom stereocenters. The molecular weight excluding hydrogens is 416 g/mol. The molecule has 3 heterocycles. The Hall–Kier alpha value is -3.20. The number of fused-ring (bicyclic) bond motifs is 2. The first-order valence-corrected chi connectivity index (χ1v) is 11.7. The molecule has 1 N–H and O–H groups in total. The number of nitrogens with one attached hydrogen (secondary N) is 1. The van der Waals surface area contributed by atoms with Crippen molar-refractivity contribution in [3.8, 4) is 0 Å². The lowest BCUT2D eigenvalue weighted by molar-refractivity contribution is -0.132. The van der Waals surface area contributed by atoms with Crippen molar-refractivity contribution < 1.29 is 18.0 Å². The fourth-order valence-electron chi connectivity index (χ4n) is 4.44. The molecule has 1 atom stereocenters. The third-order valence-corrected chi connectivity index (χ3v) is 7.83. The summed E-state index contributed by atoms with van der Waals surface area (Å²) in [6.07, 6.45) is 1.57. The van der Waals surface area contributed by atoms with Gasteiger partial charge in [0.05, 0.1) is 22.6 Å². The Balaban J connectivity index is 1.33. The highest BCUT2D eigenvalue weighted by Gasteiger charge is 2.41. The summed E-state index contributed by atoms with van der Waals surface area (Å²) in [5.74, 6) is -0.0177. The van der Waals surface area contributed by atoms with Gasteiger partial charge in [0.15, 0.2) is 0 Å². The van der Waals surface area contributed by atoms with Crippen LogP contribution >= 0.6 is 0 Å². The van der Waals surface area contributed by atoms with Gasteiger partial charge in [-0.3, -0.25) is 9.59 Å². The van der Waals surface area contributed by atoms with Crippen molar-refractivity contribution in [2.45, 2.75) is 37.1 Å². The smallest absolute Gasteiger partial charge is 0.269 e. The average Bonchev–Trinajstić information content (AvgIpc) is 3.43. The summed E-state index contributed by atoms with van der Waals surface area (Å²) < 4.78 is 26.2. The number of nitrogens with zero attached hydrogens (tertiary/aromatic N) is 3. The fraction of sp³-hybridized carbons (Fsp3) is 0.318. The van der Waals surface area contributed by atoms with Gasteiger partial charge in [-0.05, 0) is 49.6 Å². The molecule has 2 aliphatic heterocycles. The highest BCUT2D eigenvalue weighted by atomic mass is 32.2. The van der Waals surface area contributed by atoms with Crippen LogP contribution in [0.3, 0.4) is 0 Å². The number of aromatic amines is 1. The number of imidazole rings is 1. The van der Waals surface area contributed by atoms with Crippen LogP contribution in [0.5, 0.6) is 0 Å². The van der Waals surface area contributed by atoms with E-state index in [-0.39, 0.29) is 35.4 Å². The third-order valence-electron chi connectivity index (χ3n) is 5.99. The highest BCUT2D eigenvalue weighted by Crippen LogP contribution is 2.33. The number of H-pyrrole nitrogens is 1. The SMILES string of the molecule is Cc1ccc2nc([C@H]3CCCN3C(=O)CCN3C(=O)c4ccccc4S3(=O)=O)[nH]c2c1. The van der Waals surface area contributed by atoms with Crippen LogP contribution in [0, 0.1) is 6.92 Å². The lowest BCUT2D eigenvalue weighted by Crippen LogP contribution is -2.36. The summed E-state index contributed by atoms with van der Waals surface area (Å²) in [7, 11) is -3.91. The number of aryl methyl sites for hydroxylation is 1. The number of hydrogen-bond acceptors (Lipinski definition) is 5. The molecule has 2 amide bonds.